The number of fused-ring (bicyclic) bond motifs is 3. The zero-order valence-corrected chi connectivity index (χ0v) is 21.7. The fourth-order valence-corrected chi connectivity index (χ4v) is 6.24. The number of aromatic nitrogens is 1. The van der Waals surface area contributed by atoms with Crippen LogP contribution < -0.4 is 10.1 Å². The molecule has 0 spiro atoms. The summed E-state index contributed by atoms with van der Waals surface area (Å²) in [5.41, 5.74) is 1.68. The van der Waals surface area contributed by atoms with Gasteiger partial charge < -0.3 is 19.5 Å². The molecule has 3 heterocycles. The fourth-order valence-electron chi connectivity index (χ4n) is 5.41. The summed E-state index contributed by atoms with van der Waals surface area (Å²) < 4.78 is 8.90. The second kappa shape index (κ2) is 9.69. The minimum absolute atomic E-state index is 0.0553. The summed E-state index contributed by atoms with van der Waals surface area (Å²) in [7, 11) is 0. The third-order valence-corrected chi connectivity index (χ3v) is 8.22. The van der Waals surface area contributed by atoms with Gasteiger partial charge >= 0.3 is 0 Å². The number of rotatable bonds is 6. The van der Waals surface area contributed by atoms with Gasteiger partial charge in [-0.2, -0.15) is 0 Å². The lowest BCUT2D eigenvalue weighted by atomic mass is 9.93. The number of thiophene rings is 1. The summed E-state index contributed by atoms with van der Waals surface area (Å²) in [5.74, 6) is 0.651. The molecule has 1 fully saturated rings. The molecule has 3 aromatic rings. The molecule has 35 heavy (non-hydrogen) atoms. The van der Waals surface area contributed by atoms with Gasteiger partial charge in [0.1, 0.15) is 17.0 Å². The molecule has 2 aromatic heterocycles. The van der Waals surface area contributed by atoms with Crippen molar-refractivity contribution < 1.29 is 14.3 Å². The van der Waals surface area contributed by atoms with Gasteiger partial charge in [-0.1, -0.05) is 37.8 Å². The van der Waals surface area contributed by atoms with E-state index in [1.165, 1.54) is 12.8 Å². The molecule has 186 valence electrons. The molecule has 1 N–H and O–H groups in total. The van der Waals surface area contributed by atoms with Crippen LogP contribution in [-0.4, -0.2) is 39.0 Å². The molecule has 0 unspecified atom stereocenters. The first kappa shape index (κ1) is 23.9. The molecule has 6 nitrogen and oxygen atoms in total. The lowest BCUT2D eigenvalue weighted by Crippen LogP contribution is -2.64. The molecule has 0 bridgehead atoms. The van der Waals surface area contributed by atoms with Crippen LogP contribution in [0.4, 0.5) is 0 Å². The van der Waals surface area contributed by atoms with Crippen LogP contribution in [0.5, 0.6) is 5.75 Å². The zero-order chi connectivity index (χ0) is 24.6. The minimum atomic E-state index is -0.989. The molecule has 5 rings (SSSR count). The number of carbonyl (C=O) groups is 2. The summed E-state index contributed by atoms with van der Waals surface area (Å²) in [6.07, 6.45) is 6.87. The third-order valence-electron chi connectivity index (χ3n) is 7.36. The quantitative estimate of drug-likeness (QED) is 0.445. The molecule has 7 heteroatoms. The smallest absolute Gasteiger partial charge is 0.271 e. The average molecular weight is 494 g/mol. The predicted octanol–water partition coefficient (Wildman–Crippen LogP) is 5.74. The SMILES string of the molecule is CC(C)Oc1ccc(CN2C(=O)c3cc4sccc4n3C[C@@]2(C)C(=O)NC2CCCCCC2)cc1. The Morgan fingerprint density at radius 2 is 1.86 bits per heavy atom. The Labute approximate surface area is 211 Å². The Bertz CT molecular complexity index is 1200. The monoisotopic (exact) mass is 493 g/mol. The van der Waals surface area contributed by atoms with E-state index in [9.17, 15) is 9.59 Å². The number of benzene rings is 1. The molecule has 1 saturated carbocycles. The van der Waals surface area contributed by atoms with Crippen molar-refractivity contribution in [3.05, 3.63) is 53.0 Å². The van der Waals surface area contributed by atoms with E-state index in [1.54, 1.807) is 16.2 Å². The molecule has 1 aliphatic heterocycles. The van der Waals surface area contributed by atoms with Gasteiger partial charge in [-0.3, -0.25) is 9.59 Å². The van der Waals surface area contributed by atoms with E-state index < -0.39 is 5.54 Å². The highest BCUT2D eigenvalue weighted by atomic mass is 32.1. The second-order valence-electron chi connectivity index (χ2n) is 10.4. The van der Waals surface area contributed by atoms with Crippen LogP contribution in [0.1, 0.15) is 75.3 Å². The van der Waals surface area contributed by atoms with Gasteiger partial charge in [0, 0.05) is 12.6 Å². The van der Waals surface area contributed by atoms with Gasteiger partial charge in [0.25, 0.3) is 5.91 Å². The number of amides is 2. The minimum Gasteiger partial charge on any atom is -0.491 e. The molecule has 0 radical (unpaired) electrons. The Balaban J connectivity index is 1.46. The topological polar surface area (TPSA) is 63.6 Å². The highest BCUT2D eigenvalue weighted by Crippen LogP contribution is 2.35. The second-order valence-corrected chi connectivity index (χ2v) is 11.4. The van der Waals surface area contributed by atoms with Crippen LogP contribution in [0, 0.1) is 0 Å². The number of hydrogen-bond acceptors (Lipinski definition) is 4. The van der Waals surface area contributed by atoms with E-state index in [0.717, 1.165) is 47.2 Å². The van der Waals surface area contributed by atoms with E-state index in [-0.39, 0.29) is 24.0 Å². The van der Waals surface area contributed by atoms with Crippen molar-refractivity contribution in [3.63, 3.8) is 0 Å². The molecule has 2 amide bonds. The molecule has 0 saturated heterocycles. The molecular formula is C28H35N3O3S. The first-order valence-electron chi connectivity index (χ1n) is 12.8. The standard InChI is InChI=1S/C28H35N3O3S/c1-19(2)34-22-12-10-20(11-13-22)17-31-26(32)24-16-25-23(14-15-35-25)30(24)18-28(31,3)27(33)29-21-8-6-4-5-7-9-21/h10-16,19,21H,4-9,17-18H2,1-3H3,(H,29,33)/t28-/m0/s1. The van der Waals surface area contributed by atoms with Crippen molar-refractivity contribution in [2.45, 2.75) is 90.1 Å². The van der Waals surface area contributed by atoms with Gasteiger partial charge in [-0.05, 0) is 68.8 Å². The number of hydrogen-bond donors (Lipinski definition) is 1. The summed E-state index contributed by atoms with van der Waals surface area (Å²) in [6.45, 7) is 6.74. The summed E-state index contributed by atoms with van der Waals surface area (Å²) >= 11 is 1.63. The number of nitrogens with zero attached hydrogens (tertiary/aromatic N) is 2. The molecule has 1 atom stereocenters. The maximum atomic E-state index is 13.9. The van der Waals surface area contributed by atoms with Crippen molar-refractivity contribution in [2.24, 2.45) is 0 Å². The fraction of sp³-hybridized carbons (Fsp3) is 0.500. The van der Waals surface area contributed by atoms with Crippen molar-refractivity contribution in [1.82, 2.24) is 14.8 Å². The van der Waals surface area contributed by atoms with E-state index in [4.69, 9.17) is 4.74 Å². The summed E-state index contributed by atoms with van der Waals surface area (Å²) in [4.78, 5) is 29.5. The number of ether oxygens (including phenoxy) is 1. The van der Waals surface area contributed by atoms with Crippen LogP contribution in [0.2, 0.25) is 0 Å². The van der Waals surface area contributed by atoms with Crippen LogP contribution in [0.3, 0.4) is 0 Å². The predicted molar refractivity (Wildman–Crippen MR) is 140 cm³/mol. The maximum Gasteiger partial charge on any atom is 0.271 e. The lowest BCUT2D eigenvalue weighted by molar-refractivity contribution is -0.134. The molecular weight excluding hydrogens is 458 g/mol. The van der Waals surface area contributed by atoms with Gasteiger partial charge in [0.15, 0.2) is 0 Å². The van der Waals surface area contributed by atoms with Crippen LogP contribution >= 0.6 is 11.3 Å². The van der Waals surface area contributed by atoms with Gasteiger partial charge in [-0.15, -0.1) is 11.3 Å². The van der Waals surface area contributed by atoms with Gasteiger partial charge in [0.05, 0.1) is 22.9 Å². The normalized spacial score (nSPS) is 21.3. The van der Waals surface area contributed by atoms with Crippen LogP contribution in [0.15, 0.2) is 41.8 Å². The number of nitrogens with one attached hydrogen (secondary N) is 1. The highest BCUT2D eigenvalue weighted by molar-refractivity contribution is 7.17. The van der Waals surface area contributed by atoms with Crippen molar-refractivity contribution in [3.8, 4) is 5.75 Å². The summed E-state index contributed by atoms with van der Waals surface area (Å²) in [5, 5.41) is 5.38. The lowest BCUT2D eigenvalue weighted by Gasteiger charge is -2.44. The van der Waals surface area contributed by atoms with Gasteiger partial charge in [0.2, 0.25) is 5.91 Å². The highest BCUT2D eigenvalue weighted by Gasteiger charge is 2.48. The van der Waals surface area contributed by atoms with Crippen LogP contribution in [0.25, 0.3) is 10.2 Å². The average Bonchev–Trinajstić information content (AvgIpc) is 3.32. The van der Waals surface area contributed by atoms with Gasteiger partial charge in [-0.25, -0.2) is 0 Å². The van der Waals surface area contributed by atoms with E-state index in [0.29, 0.717) is 18.8 Å². The van der Waals surface area contributed by atoms with E-state index in [1.807, 2.05) is 67.1 Å². The zero-order valence-electron chi connectivity index (χ0n) is 20.9. The molecule has 1 aliphatic carbocycles. The van der Waals surface area contributed by atoms with E-state index in [2.05, 4.69) is 5.32 Å². The first-order valence-corrected chi connectivity index (χ1v) is 13.7. The third kappa shape index (κ3) is 4.70. The molecule has 2 aliphatic rings. The van der Waals surface area contributed by atoms with E-state index >= 15 is 0 Å². The first-order chi connectivity index (χ1) is 16.8. The summed E-state index contributed by atoms with van der Waals surface area (Å²) in [6, 6.07) is 12.0. The largest absolute Gasteiger partial charge is 0.491 e. The maximum absolute atomic E-state index is 13.9. The van der Waals surface area contributed by atoms with Crippen molar-refractivity contribution in [2.75, 3.05) is 0 Å². The molecule has 1 aromatic carbocycles. The van der Waals surface area contributed by atoms with Crippen molar-refractivity contribution in [1.29, 1.82) is 0 Å². The Morgan fingerprint density at radius 3 is 2.54 bits per heavy atom. The number of carbonyl (C=O) groups excluding carboxylic acids is 2. The van der Waals surface area contributed by atoms with Crippen LogP contribution in [-0.2, 0) is 17.9 Å². The Kier molecular flexibility index (Phi) is 6.62. The Morgan fingerprint density at radius 1 is 1.14 bits per heavy atom. The Hall–Kier alpha value is -2.80. The van der Waals surface area contributed by atoms with Crippen molar-refractivity contribution >= 4 is 33.4 Å².